The van der Waals surface area contributed by atoms with Crippen molar-refractivity contribution in [3.05, 3.63) is 65.2 Å². The summed E-state index contributed by atoms with van der Waals surface area (Å²) >= 11 is 0. The summed E-state index contributed by atoms with van der Waals surface area (Å²) in [6.07, 6.45) is 2.13. The molecule has 1 atom stereocenters. The standard InChI is InChI=1S/C22H26N2O4/c1-2-23-21(25)17-11-9-16(10-12-17)14-24-22(26)19-7-3-4-8-20(19)28-15-18-6-5-13-27-18/h3-4,7-12,18H,2,5-6,13-15H2,1H3,(H,23,25)(H,24,26). The summed E-state index contributed by atoms with van der Waals surface area (Å²) in [5.41, 5.74) is 2.02. The van der Waals surface area contributed by atoms with Crippen LogP contribution in [0.25, 0.3) is 0 Å². The van der Waals surface area contributed by atoms with E-state index < -0.39 is 0 Å². The Balaban J connectivity index is 1.56. The number of carbonyl (C=O) groups excluding carboxylic acids is 2. The van der Waals surface area contributed by atoms with Crippen molar-refractivity contribution in [3.8, 4) is 5.75 Å². The zero-order valence-corrected chi connectivity index (χ0v) is 16.1. The van der Waals surface area contributed by atoms with Crippen LogP contribution in [0.2, 0.25) is 0 Å². The highest BCUT2D eigenvalue weighted by Crippen LogP contribution is 2.20. The van der Waals surface area contributed by atoms with Gasteiger partial charge in [0.05, 0.1) is 11.7 Å². The number of hydrogen-bond donors (Lipinski definition) is 2. The second-order valence-electron chi connectivity index (χ2n) is 6.68. The Morgan fingerprint density at radius 3 is 2.57 bits per heavy atom. The fourth-order valence-corrected chi connectivity index (χ4v) is 3.05. The fourth-order valence-electron chi connectivity index (χ4n) is 3.05. The van der Waals surface area contributed by atoms with E-state index in [4.69, 9.17) is 9.47 Å². The van der Waals surface area contributed by atoms with E-state index in [0.717, 1.165) is 25.0 Å². The van der Waals surface area contributed by atoms with Crippen LogP contribution in [0.1, 0.15) is 46.0 Å². The first-order chi connectivity index (χ1) is 13.7. The molecule has 6 heteroatoms. The Bertz CT molecular complexity index is 798. The summed E-state index contributed by atoms with van der Waals surface area (Å²) in [6.45, 7) is 4.06. The zero-order valence-electron chi connectivity index (χ0n) is 16.1. The second-order valence-corrected chi connectivity index (χ2v) is 6.68. The maximum Gasteiger partial charge on any atom is 0.255 e. The minimum absolute atomic E-state index is 0.0968. The van der Waals surface area contributed by atoms with Crippen molar-refractivity contribution in [2.45, 2.75) is 32.4 Å². The third-order valence-corrected chi connectivity index (χ3v) is 4.59. The first kappa shape index (κ1) is 19.9. The molecule has 1 aliphatic rings. The number of nitrogens with one attached hydrogen (secondary N) is 2. The third kappa shape index (κ3) is 5.33. The lowest BCUT2D eigenvalue weighted by molar-refractivity contribution is 0.0670. The Labute approximate surface area is 165 Å². The molecule has 1 heterocycles. The van der Waals surface area contributed by atoms with E-state index >= 15 is 0 Å². The van der Waals surface area contributed by atoms with Gasteiger partial charge < -0.3 is 20.1 Å². The third-order valence-electron chi connectivity index (χ3n) is 4.59. The molecule has 0 aliphatic carbocycles. The number of para-hydroxylation sites is 1. The number of hydrogen-bond acceptors (Lipinski definition) is 4. The van der Waals surface area contributed by atoms with Crippen LogP contribution in [0.4, 0.5) is 0 Å². The summed E-state index contributed by atoms with van der Waals surface area (Å²) < 4.78 is 11.4. The van der Waals surface area contributed by atoms with Gasteiger partial charge >= 0.3 is 0 Å². The summed E-state index contributed by atoms with van der Waals surface area (Å²) in [5, 5.41) is 5.67. The van der Waals surface area contributed by atoms with Crippen LogP contribution in [-0.4, -0.2) is 37.7 Å². The minimum Gasteiger partial charge on any atom is -0.490 e. The SMILES string of the molecule is CCNC(=O)c1ccc(CNC(=O)c2ccccc2OCC2CCCO2)cc1. The van der Waals surface area contributed by atoms with Gasteiger partial charge in [0.25, 0.3) is 11.8 Å². The predicted molar refractivity (Wildman–Crippen MR) is 107 cm³/mol. The van der Waals surface area contributed by atoms with E-state index in [1.165, 1.54) is 0 Å². The van der Waals surface area contributed by atoms with Gasteiger partial charge in [-0.1, -0.05) is 24.3 Å². The molecule has 2 aromatic rings. The molecule has 2 N–H and O–H groups in total. The maximum atomic E-state index is 12.6. The highest BCUT2D eigenvalue weighted by atomic mass is 16.5. The van der Waals surface area contributed by atoms with Crippen molar-refractivity contribution < 1.29 is 19.1 Å². The zero-order chi connectivity index (χ0) is 19.8. The van der Waals surface area contributed by atoms with Gasteiger partial charge in [0, 0.05) is 25.3 Å². The van der Waals surface area contributed by atoms with Crippen molar-refractivity contribution in [3.63, 3.8) is 0 Å². The molecule has 0 bridgehead atoms. The van der Waals surface area contributed by atoms with Gasteiger partial charge in [0.1, 0.15) is 12.4 Å². The predicted octanol–water partition coefficient (Wildman–Crippen LogP) is 2.92. The van der Waals surface area contributed by atoms with Gasteiger partial charge in [0.2, 0.25) is 0 Å². The van der Waals surface area contributed by atoms with E-state index in [1.807, 2.05) is 31.2 Å². The number of rotatable bonds is 8. The van der Waals surface area contributed by atoms with Crippen LogP contribution in [0.3, 0.4) is 0 Å². The Morgan fingerprint density at radius 2 is 1.86 bits per heavy atom. The lowest BCUT2D eigenvalue weighted by Gasteiger charge is -2.14. The van der Waals surface area contributed by atoms with Gasteiger partial charge in [-0.25, -0.2) is 0 Å². The Morgan fingerprint density at radius 1 is 1.07 bits per heavy atom. The van der Waals surface area contributed by atoms with Crippen LogP contribution in [0.15, 0.2) is 48.5 Å². The lowest BCUT2D eigenvalue weighted by atomic mass is 10.1. The van der Waals surface area contributed by atoms with Gasteiger partial charge in [-0.3, -0.25) is 9.59 Å². The molecule has 0 spiro atoms. The fraction of sp³-hybridized carbons (Fsp3) is 0.364. The van der Waals surface area contributed by atoms with E-state index in [1.54, 1.807) is 24.3 Å². The average Bonchev–Trinajstić information content (AvgIpc) is 3.25. The smallest absolute Gasteiger partial charge is 0.255 e. The maximum absolute atomic E-state index is 12.6. The molecular formula is C22H26N2O4. The van der Waals surface area contributed by atoms with Crippen molar-refractivity contribution >= 4 is 11.8 Å². The topological polar surface area (TPSA) is 76.7 Å². The van der Waals surface area contributed by atoms with Crippen LogP contribution in [-0.2, 0) is 11.3 Å². The monoisotopic (exact) mass is 382 g/mol. The van der Waals surface area contributed by atoms with Crippen LogP contribution < -0.4 is 15.4 Å². The van der Waals surface area contributed by atoms with Gasteiger partial charge in [0.15, 0.2) is 0 Å². The number of carbonyl (C=O) groups is 2. The lowest BCUT2D eigenvalue weighted by Crippen LogP contribution is -2.25. The molecule has 2 amide bonds. The Hall–Kier alpha value is -2.86. The molecule has 0 saturated carbocycles. The summed E-state index contributed by atoms with van der Waals surface area (Å²) in [5.74, 6) is 0.258. The van der Waals surface area contributed by atoms with Crippen molar-refractivity contribution in [2.75, 3.05) is 19.8 Å². The molecule has 6 nitrogen and oxygen atoms in total. The van der Waals surface area contributed by atoms with Crippen molar-refractivity contribution in [2.24, 2.45) is 0 Å². The molecule has 0 aromatic heterocycles. The molecule has 3 rings (SSSR count). The van der Waals surface area contributed by atoms with E-state index in [9.17, 15) is 9.59 Å². The highest BCUT2D eigenvalue weighted by Gasteiger charge is 2.18. The first-order valence-electron chi connectivity index (χ1n) is 9.66. The molecule has 148 valence electrons. The molecule has 28 heavy (non-hydrogen) atoms. The van der Waals surface area contributed by atoms with Crippen LogP contribution in [0.5, 0.6) is 5.75 Å². The van der Waals surface area contributed by atoms with Crippen LogP contribution in [0, 0.1) is 0 Å². The molecule has 0 radical (unpaired) electrons. The quantitative estimate of drug-likeness (QED) is 0.736. The van der Waals surface area contributed by atoms with E-state index in [2.05, 4.69) is 10.6 Å². The number of amides is 2. The molecule has 1 fully saturated rings. The summed E-state index contributed by atoms with van der Waals surface area (Å²) in [7, 11) is 0. The molecule has 2 aromatic carbocycles. The van der Waals surface area contributed by atoms with Crippen LogP contribution >= 0.6 is 0 Å². The van der Waals surface area contributed by atoms with Gasteiger partial charge in [-0.05, 0) is 49.6 Å². The normalized spacial score (nSPS) is 15.8. The number of benzene rings is 2. The van der Waals surface area contributed by atoms with Gasteiger partial charge in [-0.15, -0.1) is 0 Å². The highest BCUT2D eigenvalue weighted by molar-refractivity contribution is 5.97. The molecule has 1 aliphatic heterocycles. The largest absolute Gasteiger partial charge is 0.490 e. The van der Waals surface area contributed by atoms with Gasteiger partial charge in [-0.2, -0.15) is 0 Å². The Kier molecular flexibility index (Phi) is 7.03. The molecular weight excluding hydrogens is 356 g/mol. The summed E-state index contributed by atoms with van der Waals surface area (Å²) in [4.78, 5) is 24.4. The number of ether oxygens (including phenoxy) is 2. The van der Waals surface area contributed by atoms with E-state index in [-0.39, 0.29) is 17.9 Å². The van der Waals surface area contributed by atoms with Crippen molar-refractivity contribution in [1.82, 2.24) is 10.6 Å². The van der Waals surface area contributed by atoms with E-state index in [0.29, 0.717) is 36.6 Å². The summed E-state index contributed by atoms with van der Waals surface area (Å²) in [6, 6.07) is 14.4. The van der Waals surface area contributed by atoms with Crippen molar-refractivity contribution in [1.29, 1.82) is 0 Å². The molecule has 1 unspecified atom stereocenters. The minimum atomic E-state index is -0.198. The first-order valence-corrected chi connectivity index (χ1v) is 9.66. The second kappa shape index (κ2) is 9.90. The molecule has 1 saturated heterocycles. The average molecular weight is 382 g/mol.